The SMILES string of the molecule is NC1CCCCC1Nc1cc2c(c(Nc3ccc(N4CCOCC4)c(F)c3)c1)C(=O)NCC2. The fraction of sp³-hybridized carbons (Fsp3) is 0.480. The number of ether oxygens (including phenoxy) is 1. The zero-order valence-electron chi connectivity index (χ0n) is 18.8. The molecule has 2 unspecified atom stereocenters. The number of amides is 1. The van der Waals surface area contributed by atoms with Gasteiger partial charge in [0.05, 0.1) is 30.2 Å². The third kappa shape index (κ3) is 4.77. The van der Waals surface area contributed by atoms with E-state index in [2.05, 4.69) is 22.0 Å². The van der Waals surface area contributed by atoms with Crippen LogP contribution < -0.4 is 26.6 Å². The Hall–Kier alpha value is -2.84. The number of rotatable bonds is 5. The number of nitrogens with zero attached hydrogens (tertiary/aromatic N) is 1. The van der Waals surface area contributed by atoms with Crippen LogP contribution in [0, 0.1) is 5.82 Å². The van der Waals surface area contributed by atoms with Crippen LogP contribution in [0.5, 0.6) is 0 Å². The molecule has 1 aliphatic carbocycles. The van der Waals surface area contributed by atoms with Crippen molar-refractivity contribution in [1.29, 1.82) is 0 Å². The monoisotopic (exact) mass is 453 g/mol. The van der Waals surface area contributed by atoms with E-state index in [4.69, 9.17) is 10.5 Å². The number of carbonyl (C=O) groups excluding carboxylic acids is 1. The molecular formula is C25H32FN5O2. The maximum Gasteiger partial charge on any atom is 0.253 e. The standard InChI is InChI=1S/C25H32FN5O2/c26-19-14-17(5-6-23(19)31-9-11-33-12-10-31)29-22-15-18(30-21-4-2-1-3-20(21)27)13-16-7-8-28-25(32)24(16)22/h5-6,13-15,20-21,29-30H,1-4,7-12,27H2,(H,28,32). The predicted molar refractivity (Wildman–Crippen MR) is 129 cm³/mol. The molecule has 2 heterocycles. The van der Waals surface area contributed by atoms with Gasteiger partial charge in [0.25, 0.3) is 5.91 Å². The number of carbonyl (C=O) groups is 1. The summed E-state index contributed by atoms with van der Waals surface area (Å²) < 4.78 is 20.3. The fourth-order valence-electron chi connectivity index (χ4n) is 5.10. The normalized spacial score (nSPS) is 23.0. The van der Waals surface area contributed by atoms with Crippen LogP contribution in [-0.2, 0) is 11.2 Å². The number of fused-ring (bicyclic) bond motifs is 1. The molecule has 1 saturated carbocycles. The van der Waals surface area contributed by atoms with Crippen molar-refractivity contribution in [3.63, 3.8) is 0 Å². The van der Waals surface area contributed by atoms with E-state index in [1.54, 1.807) is 6.07 Å². The number of anilines is 4. The number of nitrogens with one attached hydrogen (secondary N) is 3. The van der Waals surface area contributed by atoms with Crippen LogP contribution in [0.1, 0.15) is 41.6 Å². The Morgan fingerprint density at radius 1 is 1.09 bits per heavy atom. The Morgan fingerprint density at radius 3 is 2.70 bits per heavy atom. The molecule has 1 saturated heterocycles. The molecule has 33 heavy (non-hydrogen) atoms. The van der Waals surface area contributed by atoms with E-state index in [-0.39, 0.29) is 23.8 Å². The summed E-state index contributed by atoms with van der Waals surface area (Å²) in [6.45, 7) is 3.17. The molecule has 2 aromatic rings. The van der Waals surface area contributed by atoms with E-state index in [1.807, 2.05) is 17.0 Å². The molecule has 0 aromatic heterocycles. The van der Waals surface area contributed by atoms with Crippen LogP contribution in [0.4, 0.5) is 27.1 Å². The van der Waals surface area contributed by atoms with Crippen molar-refractivity contribution in [2.75, 3.05) is 48.4 Å². The minimum atomic E-state index is -0.289. The van der Waals surface area contributed by atoms with Gasteiger partial charge in [0.15, 0.2) is 0 Å². The summed E-state index contributed by atoms with van der Waals surface area (Å²) in [6, 6.07) is 9.48. The van der Waals surface area contributed by atoms with E-state index in [0.29, 0.717) is 55.5 Å². The molecule has 176 valence electrons. The summed E-state index contributed by atoms with van der Waals surface area (Å²) in [5.41, 5.74) is 10.8. The number of benzene rings is 2. The van der Waals surface area contributed by atoms with Crippen LogP contribution in [0.15, 0.2) is 30.3 Å². The summed E-state index contributed by atoms with van der Waals surface area (Å²) in [5.74, 6) is -0.396. The number of morpholine rings is 1. The topological polar surface area (TPSA) is 91.7 Å². The first-order valence-corrected chi connectivity index (χ1v) is 11.9. The number of nitrogens with two attached hydrogens (primary N) is 1. The van der Waals surface area contributed by atoms with Gasteiger partial charge in [-0.25, -0.2) is 4.39 Å². The summed E-state index contributed by atoms with van der Waals surface area (Å²) in [7, 11) is 0. The Morgan fingerprint density at radius 2 is 1.91 bits per heavy atom. The first-order valence-electron chi connectivity index (χ1n) is 11.9. The van der Waals surface area contributed by atoms with E-state index in [1.165, 1.54) is 18.9 Å². The lowest BCUT2D eigenvalue weighted by Gasteiger charge is -2.31. The molecule has 2 aliphatic heterocycles. The molecular weight excluding hydrogens is 421 g/mol. The van der Waals surface area contributed by atoms with Crippen LogP contribution in [0.2, 0.25) is 0 Å². The van der Waals surface area contributed by atoms with Crippen molar-refractivity contribution in [3.8, 4) is 0 Å². The number of hydrogen-bond donors (Lipinski definition) is 4. The maximum absolute atomic E-state index is 15.0. The van der Waals surface area contributed by atoms with Crippen molar-refractivity contribution < 1.29 is 13.9 Å². The van der Waals surface area contributed by atoms with Crippen LogP contribution >= 0.6 is 0 Å². The first-order chi connectivity index (χ1) is 16.1. The van der Waals surface area contributed by atoms with Crippen molar-refractivity contribution >= 4 is 28.7 Å². The molecule has 3 aliphatic rings. The van der Waals surface area contributed by atoms with Gasteiger partial charge < -0.3 is 31.3 Å². The molecule has 0 spiro atoms. The zero-order valence-corrected chi connectivity index (χ0v) is 18.8. The second-order valence-corrected chi connectivity index (χ2v) is 9.15. The molecule has 8 heteroatoms. The summed E-state index contributed by atoms with van der Waals surface area (Å²) in [6.07, 6.45) is 5.15. The largest absolute Gasteiger partial charge is 0.381 e. The molecule has 2 aromatic carbocycles. The second-order valence-electron chi connectivity index (χ2n) is 9.15. The second kappa shape index (κ2) is 9.57. The molecule has 5 rings (SSSR count). The van der Waals surface area contributed by atoms with Gasteiger partial charge >= 0.3 is 0 Å². The third-order valence-corrected chi connectivity index (χ3v) is 6.88. The van der Waals surface area contributed by atoms with Crippen molar-refractivity contribution in [2.45, 2.75) is 44.2 Å². The van der Waals surface area contributed by atoms with Crippen molar-refractivity contribution in [2.24, 2.45) is 5.73 Å². The van der Waals surface area contributed by atoms with Gasteiger partial charge in [-0.2, -0.15) is 0 Å². The number of hydrogen-bond acceptors (Lipinski definition) is 6. The molecule has 0 bridgehead atoms. The predicted octanol–water partition coefficient (Wildman–Crippen LogP) is 3.37. The third-order valence-electron chi connectivity index (χ3n) is 6.88. The maximum atomic E-state index is 15.0. The van der Waals surface area contributed by atoms with E-state index < -0.39 is 0 Å². The Labute approximate surface area is 193 Å². The van der Waals surface area contributed by atoms with Gasteiger partial charge in [0, 0.05) is 43.1 Å². The average Bonchev–Trinajstić information content (AvgIpc) is 2.81. The lowest BCUT2D eigenvalue weighted by molar-refractivity contribution is 0.0947. The van der Waals surface area contributed by atoms with Crippen LogP contribution in [0.25, 0.3) is 0 Å². The average molecular weight is 454 g/mol. The highest BCUT2D eigenvalue weighted by molar-refractivity contribution is 6.03. The Bertz CT molecular complexity index is 1020. The highest BCUT2D eigenvalue weighted by atomic mass is 19.1. The zero-order chi connectivity index (χ0) is 22.8. The van der Waals surface area contributed by atoms with Gasteiger partial charge in [-0.15, -0.1) is 0 Å². The fourth-order valence-corrected chi connectivity index (χ4v) is 5.10. The van der Waals surface area contributed by atoms with Crippen molar-refractivity contribution in [3.05, 3.63) is 47.3 Å². The van der Waals surface area contributed by atoms with Gasteiger partial charge in [0.1, 0.15) is 5.82 Å². The summed E-state index contributed by atoms with van der Waals surface area (Å²) >= 11 is 0. The highest BCUT2D eigenvalue weighted by Gasteiger charge is 2.25. The molecule has 2 fully saturated rings. The lowest BCUT2D eigenvalue weighted by atomic mass is 9.90. The minimum Gasteiger partial charge on any atom is -0.381 e. The lowest BCUT2D eigenvalue weighted by Crippen LogP contribution is -2.42. The van der Waals surface area contributed by atoms with Crippen LogP contribution in [0.3, 0.4) is 0 Å². The quantitative estimate of drug-likeness (QED) is 0.555. The smallest absolute Gasteiger partial charge is 0.253 e. The Kier molecular flexibility index (Phi) is 6.37. The number of halogens is 1. The molecule has 0 radical (unpaired) electrons. The van der Waals surface area contributed by atoms with Gasteiger partial charge in [-0.3, -0.25) is 4.79 Å². The highest BCUT2D eigenvalue weighted by Crippen LogP contribution is 2.33. The molecule has 7 nitrogen and oxygen atoms in total. The molecule has 2 atom stereocenters. The summed E-state index contributed by atoms with van der Waals surface area (Å²) in [4.78, 5) is 14.7. The van der Waals surface area contributed by atoms with Crippen molar-refractivity contribution in [1.82, 2.24) is 5.32 Å². The minimum absolute atomic E-state index is 0.106. The van der Waals surface area contributed by atoms with Gasteiger partial charge in [-0.05, 0) is 55.2 Å². The first kappa shape index (κ1) is 22.0. The molecule has 1 amide bonds. The van der Waals surface area contributed by atoms with Crippen LogP contribution in [-0.4, -0.2) is 50.8 Å². The molecule has 5 N–H and O–H groups in total. The Balaban J connectivity index is 1.42. The van der Waals surface area contributed by atoms with E-state index >= 15 is 0 Å². The van der Waals surface area contributed by atoms with E-state index in [0.717, 1.165) is 30.5 Å². The van der Waals surface area contributed by atoms with E-state index in [9.17, 15) is 9.18 Å². The summed E-state index contributed by atoms with van der Waals surface area (Å²) in [5, 5.41) is 9.83. The van der Waals surface area contributed by atoms with Gasteiger partial charge in [-0.1, -0.05) is 12.8 Å². The van der Waals surface area contributed by atoms with Gasteiger partial charge in [0.2, 0.25) is 0 Å².